The van der Waals surface area contributed by atoms with Gasteiger partial charge in [0.1, 0.15) is 0 Å². The summed E-state index contributed by atoms with van der Waals surface area (Å²) in [5, 5.41) is 8.83. The summed E-state index contributed by atoms with van der Waals surface area (Å²) in [6.07, 6.45) is 4.05. The highest BCUT2D eigenvalue weighted by Crippen LogP contribution is 2.07. The highest BCUT2D eigenvalue weighted by atomic mass is 35.5. The summed E-state index contributed by atoms with van der Waals surface area (Å²) in [4.78, 5) is 22.8. The SMILES string of the molecule is CCCNC(=O)CCNC(=O)CC1CCCN1.Cl. The fourth-order valence-corrected chi connectivity index (χ4v) is 1.90. The Morgan fingerprint density at radius 2 is 1.94 bits per heavy atom. The van der Waals surface area contributed by atoms with Crippen molar-refractivity contribution in [3.63, 3.8) is 0 Å². The molecule has 1 aliphatic rings. The topological polar surface area (TPSA) is 70.2 Å². The van der Waals surface area contributed by atoms with Crippen molar-refractivity contribution < 1.29 is 9.59 Å². The van der Waals surface area contributed by atoms with Crippen molar-refractivity contribution in [1.29, 1.82) is 0 Å². The van der Waals surface area contributed by atoms with Crippen LogP contribution in [0.3, 0.4) is 0 Å². The Hall–Kier alpha value is -0.810. The Morgan fingerprint density at radius 3 is 2.56 bits per heavy atom. The van der Waals surface area contributed by atoms with Crippen molar-refractivity contribution >= 4 is 24.2 Å². The maximum absolute atomic E-state index is 11.5. The van der Waals surface area contributed by atoms with E-state index in [1.165, 1.54) is 0 Å². The van der Waals surface area contributed by atoms with Crippen LogP contribution in [0.25, 0.3) is 0 Å². The van der Waals surface area contributed by atoms with Gasteiger partial charge in [-0.1, -0.05) is 6.92 Å². The molecule has 106 valence electrons. The van der Waals surface area contributed by atoms with E-state index < -0.39 is 0 Å². The lowest BCUT2D eigenvalue weighted by Crippen LogP contribution is -2.34. The summed E-state index contributed by atoms with van der Waals surface area (Å²) in [5.41, 5.74) is 0. The zero-order valence-electron chi connectivity index (χ0n) is 11.0. The molecule has 1 fully saturated rings. The lowest BCUT2D eigenvalue weighted by molar-refractivity contribution is -0.122. The predicted octanol–water partition coefficient (Wildman–Crippen LogP) is 0.583. The average molecular weight is 278 g/mol. The Kier molecular flexibility index (Phi) is 9.69. The maximum atomic E-state index is 11.5. The Balaban J connectivity index is 0.00000289. The number of amides is 2. The zero-order chi connectivity index (χ0) is 12.5. The molecule has 2 amide bonds. The largest absolute Gasteiger partial charge is 0.356 e. The van der Waals surface area contributed by atoms with Crippen molar-refractivity contribution in [1.82, 2.24) is 16.0 Å². The predicted molar refractivity (Wildman–Crippen MR) is 73.8 cm³/mol. The average Bonchev–Trinajstić information content (AvgIpc) is 2.79. The van der Waals surface area contributed by atoms with E-state index in [1.54, 1.807) is 0 Å². The van der Waals surface area contributed by atoms with Crippen LogP contribution in [0.2, 0.25) is 0 Å². The van der Waals surface area contributed by atoms with E-state index in [1.807, 2.05) is 6.92 Å². The highest BCUT2D eigenvalue weighted by Gasteiger charge is 2.17. The van der Waals surface area contributed by atoms with Gasteiger partial charge in [-0.15, -0.1) is 12.4 Å². The second-order valence-electron chi connectivity index (χ2n) is 4.45. The Morgan fingerprint density at radius 1 is 1.22 bits per heavy atom. The van der Waals surface area contributed by atoms with E-state index in [0.29, 0.717) is 32.0 Å². The van der Waals surface area contributed by atoms with Crippen molar-refractivity contribution in [2.75, 3.05) is 19.6 Å². The minimum Gasteiger partial charge on any atom is -0.356 e. The first-order valence-electron chi connectivity index (χ1n) is 6.49. The molecular weight excluding hydrogens is 254 g/mol. The van der Waals surface area contributed by atoms with E-state index in [4.69, 9.17) is 0 Å². The number of rotatable bonds is 7. The van der Waals surface area contributed by atoms with Crippen molar-refractivity contribution in [2.45, 2.75) is 45.1 Å². The van der Waals surface area contributed by atoms with E-state index in [2.05, 4.69) is 16.0 Å². The summed E-state index contributed by atoms with van der Waals surface area (Å²) >= 11 is 0. The summed E-state index contributed by atoms with van der Waals surface area (Å²) in [6, 6.07) is 0.323. The normalized spacial score (nSPS) is 17.9. The number of carbonyl (C=O) groups excluding carboxylic acids is 2. The summed E-state index contributed by atoms with van der Waals surface area (Å²) < 4.78 is 0. The molecule has 1 aliphatic heterocycles. The molecule has 5 nitrogen and oxygen atoms in total. The van der Waals surface area contributed by atoms with E-state index >= 15 is 0 Å². The van der Waals surface area contributed by atoms with Crippen LogP contribution >= 0.6 is 12.4 Å². The molecule has 6 heteroatoms. The molecule has 0 aromatic carbocycles. The second kappa shape index (κ2) is 10.1. The smallest absolute Gasteiger partial charge is 0.221 e. The minimum atomic E-state index is 0. The van der Waals surface area contributed by atoms with Gasteiger partial charge in [0.15, 0.2) is 0 Å². The molecule has 0 bridgehead atoms. The third kappa shape index (κ3) is 7.50. The van der Waals surface area contributed by atoms with Gasteiger partial charge >= 0.3 is 0 Å². The van der Waals surface area contributed by atoms with Gasteiger partial charge in [-0.05, 0) is 25.8 Å². The van der Waals surface area contributed by atoms with E-state index in [-0.39, 0.29) is 24.2 Å². The fourth-order valence-electron chi connectivity index (χ4n) is 1.90. The van der Waals surface area contributed by atoms with Crippen LogP contribution in [0.5, 0.6) is 0 Å². The lowest BCUT2D eigenvalue weighted by Gasteiger charge is -2.10. The molecular formula is C12H24ClN3O2. The van der Waals surface area contributed by atoms with Crippen LogP contribution in [-0.2, 0) is 9.59 Å². The number of nitrogens with one attached hydrogen (secondary N) is 3. The van der Waals surface area contributed by atoms with Crippen molar-refractivity contribution in [3.05, 3.63) is 0 Å². The van der Waals surface area contributed by atoms with E-state index in [9.17, 15) is 9.59 Å². The number of carbonyl (C=O) groups is 2. The van der Waals surface area contributed by atoms with Gasteiger partial charge in [0.25, 0.3) is 0 Å². The first kappa shape index (κ1) is 17.2. The quantitative estimate of drug-likeness (QED) is 0.638. The summed E-state index contributed by atoms with van der Waals surface area (Å²) in [7, 11) is 0. The molecule has 0 aromatic rings. The first-order valence-corrected chi connectivity index (χ1v) is 6.49. The highest BCUT2D eigenvalue weighted by molar-refractivity contribution is 5.85. The van der Waals surface area contributed by atoms with Crippen LogP contribution in [0.4, 0.5) is 0 Å². The van der Waals surface area contributed by atoms with Crippen LogP contribution < -0.4 is 16.0 Å². The number of hydrogen-bond donors (Lipinski definition) is 3. The molecule has 0 spiro atoms. The lowest BCUT2D eigenvalue weighted by atomic mass is 10.1. The summed E-state index contributed by atoms with van der Waals surface area (Å²) in [6.45, 7) is 4.16. The molecule has 0 saturated carbocycles. The molecule has 1 atom stereocenters. The molecule has 1 unspecified atom stereocenters. The molecule has 0 aromatic heterocycles. The first-order chi connectivity index (χ1) is 8.22. The fraction of sp³-hybridized carbons (Fsp3) is 0.833. The van der Waals surface area contributed by atoms with E-state index in [0.717, 1.165) is 25.8 Å². The zero-order valence-corrected chi connectivity index (χ0v) is 11.8. The molecule has 1 saturated heterocycles. The standard InChI is InChI=1S/C12H23N3O2.ClH/c1-2-6-14-11(16)5-8-15-12(17)9-10-4-3-7-13-10;/h10,13H,2-9H2,1H3,(H,14,16)(H,15,17);1H. The van der Waals surface area contributed by atoms with Gasteiger partial charge in [0.05, 0.1) is 0 Å². The van der Waals surface area contributed by atoms with Crippen LogP contribution in [0.15, 0.2) is 0 Å². The maximum Gasteiger partial charge on any atom is 0.221 e. The Bertz CT molecular complexity index is 256. The monoisotopic (exact) mass is 277 g/mol. The molecule has 1 rings (SSSR count). The molecule has 1 heterocycles. The van der Waals surface area contributed by atoms with Gasteiger partial charge in [0.2, 0.25) is 11.8 Å². The third-order valence-electron chi connectivity index (χ3n) is 2.84. The van der Waals surface area contributed by atoms with Gasteiger partial charge in [-0.2, -0.15) is 0 Å². The van der Waals surface area contributed by atoms with Gasteiger partial charge < -0.3 is 16.0 Å². The number of hydrogen-bond acceptors (Lipinski definition) is 3. The van der Waals surface area contributed by atoms with Crippen molar-refractivity contribution in [2.24, 2.45) is 0 Å². The van der Waals surface area contributed by atoms with Crippen LogP contribution in [-0.4, -0.2) is 37.5 Å². The summed E-state index contributed by atoms with van der Waals surface area (Å²) in [5.74, 6) is 0.0406. The third-order valence-corrected chi connectivity index (χ3v) is 2.84. The molecule has 0 aliphatic carbocycles. The van der Waals surface area contributed by atoms with Gasteiger partial charge in [-0.3, -0.25) is 9.59 Å². The van der Waals surface area contributed by atoms with Gasteiger partial charge in [-0.25, -0.2) is 0 Å². The van der Waals surface area contributed by atoms with Gasteiger partial charge in [0, 0.05) is 32.0 Å². The molecule has 18 heavy (non-hydrogen) atoms. The molecule has 3 N–H and O–H groups in total. The second-order valence-corrected chi connectivity index (χ2v) is 4.45. The van der Waals surface area contributed by atoms with Crippen LogP contribution in [0.1, 0.15) is 39.0 Å². The number of halogens is 1. The minimum absolute atomic E-state index is 0. The van der Waals surface area contributed by atoms with Crippen LogP contribution in [0, 0.1) is 0 Å². The van der Waals surface area contributed by atoms with Crippen molar-refractivity contribution in [3.8, 4) is 0 Å². The molecule has 0 radical (unpaired) electrons. The Labute approximate surface area is 115 Å².